The maximum Gasteiger partial charge on any atom is 0.407 e. The monoisotopic (exact) mass is 579 g/mol. The van der Waals surface area contributed by atoms with Crippen molar-refractivity contribution in [1.29, 1.82) is 0 Å². The third-order valence-electron chi connectivity index (χ3n) is 8.77. The molecule has 0 radical (unpaired) electrons. The van der Waals surface area contributed by atoms with Crippen LogP contribution in [0.4, 0.5) is 26.4 Å². The van der Waals surface area contributed by atoms with Gasteiger partial charge in [0.05, 0.1) is 23.8 Å². The van der Waals surface area contributed by atoms with Crippen molar-refractivity contribution in [2.24, 2.45) is 0 Å². The lowest BCUT2D eigenvalue weighted by molar-refractivity contribution is 0.101. The summed E-state index contributed by atoms with van der Waals surface area (Å²) in [5, 5.41) is 24.2. The number of aromatic nitrogens is 4. The van der Waals surface area contributed by atoms with E-state index >= 15 is 0 Å². The molecule has 3 aromatic rings. The first-order valence-corrected chi connectivity index (χ1v) is 14.9. The highest BCUT2D eigenvalue weighted by atomic mass is 19.1. The van der Waals surface area contributed by atoms with Crippen molar-refractivity contribution in [3.8, 4) is 0 Å². The lowest BCUT2D eigenvalue weighted by Gasteiger charge is -2.36. The number of halogens is 1. The van der Waals surface area contributed by atoms with Gasteiger partial charge in [-0.1, -0.05) is 0 Å². The quantitative estimate of drug-likeness (QED) is 0.277. The molecule has 0 bridgehead atoms. The summed E-state index contributed by atoms with van der Waals surface area (Å²) in [6.07, 6.45) is 11.5. The molecule has 2 aliphatic carbocycles. The molecule has 224 valence electrons. The number of carbonyl (C=O) groups is 2. The van der Waals surface area contributed by atoms with E-state index in [2.05, 4.69) is 37.9 Å². The Morgan fingerprint density at radius 1 is 1.07 bits per heavy atom. The summed E-state index contributed by atoms with van der Waals surface area (Å²) in [5.74, 6) is -0.572. The number of imidazole rings is 1. The minimum Gasteiger partial charge on any atom is -0.465 e. The van der Waals surface area contributed by atoms with Gasteiger partial charge in [0.2, 0.25) is 0 Å². The Hall–Kier alpha value is -4.00. The lowest BCUT2D eigenvalue weighted by atomic mass is 9.90. The summed E-state index contributed by atoms with van der Waals surface area (Å²) >= 11 is 0. The minimum atomic E-state index is -0.840. The van der Waals surface area contributed by atoms with E-state index in [9.17, 15) is 19.1 Å². The van der Waals surface area contributed by atoms with E-state index in [1.54, 1.807) is 4.90 Å². The van der Waals surface area contributed by atoms with E-state index in [1.165, 1.54) is 29.4 Å². The summed E-state index contributed by atoms with van der Waals surface area (Å²) in [4.78, 5) is 37.4. The van der Waals surface area contributed by atoms with Crippen molar-refractivity contribution in [3.63, 3.8) is 0 Å². The third kappa shape index (κ3) is 6.25. The highest BCUT2D eigenvalue weighted by Crippen LogP contribution is 2.31. The maximum atomic E-state index is 14.1. The smallest absolute Gasteiger partial charge is 0.407 e. The predicted molar refractivity (Wildman–Crippen MR) is 156 cm³/mol. The number of amides is 2. The minimum absolute atomic E-state index is 0.00678. The Bertz CT molecular complexity index is 1440. The number of hydrogen-bond donors (Lipinski definition) is 4. The first kappa shape index (κ1) is 28.1. The molecule has 6 rings (SSSR count). The van der Waals surface area contributed by atoms with Crippen LogP contribution in [0.2, 0.25) is 0 Å². The molecule has 1 aliphatic heterocycles. The Kier molecular flexibility index (Phi) is 8.09. The van der Waals surface area contributed by atoms with E-state index in [4.69, 9.17) is 5.10 Å². The third-order valence-corrected chi connectivity index (χ3v) is 8.77. The second-order valence-electron chi connectivity index (χ2n) is 11.7. The molecule has 0 aromatic carbocycles. The maximum absolute atomic E-state index is 14.1. The van der Waals surface area contributed by atoms with E-state index < -0.39 is 17.8 Å². The van der Waals surface area contributed by atoms with E-state index in [1.807, 2.05) is 6.07 Å². The number of likely N-dealkylation sites (tertiary alicyclic amines) is 1. The van der Waals surface area contributed by atoms with Crippen molar-refractivity contribution in [3.05, 3.63) is 42.2 Å². The number of carboxylic acid groups (broad SMARTS) is 1. The number of fused-ring (bicyclic) bond motifs is 1. The number of nitrogens with zero attached hydrogens (tertiary/aromatic N) is 6. The van der Waals surface area contributed by atoms with E-state index in [-0.39, 0.29) is 23.5 Å². The zero-order valence-electron chi connectivity index (χ0n) is 23.8. The van der Waals surface area contributed by atoms with Crippen LogP contribution in [0.25, 0.3) is 5.65 Å². The summed E-state index contributed by atoms with van der Waals surface area (Å²) in [7, 11) is 2.12. The summed E-state index contributed by atoms with van der Waals surface area (Å²) in [6, 6.07) is 4.24. The van der Waals surface area contributed by atoms with Crippen molar-refractivity contribution in [2.45, 2.75) is 82.0 Å². The molecule has 3 aliphatic rings. The van der Waals surface area contributed by atoms with Gasteiger partial charge in [0.25, 0.3) is 5.91 Å². The molecule has 0 spiro atoms. The number of pyridine rings is 1. The molecule has 1 unspecified atom stereocenters. The Morgan fingerprint density at radius 3 is 2.52 bits per heavy atom. The van der Waals surface area contributed by atoms with Crippen LogP contribution >= 0.6 is 0 Å². The van der Waals surface area contributed by atoms with Gasteiger partial charge >= 0.3 is 6.09 Å². The van der Waals surface area contributed by atoms with Crippen LogP contribution in [0, 0.1) is 5.82 Å². The fraction of sp³-hybridized carbons (Fsp3) is 0.552. The Labute approximate surface area is 243 Å². The zero-order valence-corrected chi connectivity index (χ0v) is 23.8. The molecule has 2 amide bonds. The molecule has 4 N–H and O–H groups in total. The van der Waals surface area contributed by atoms with Crippen LogP contribution in [0.5, 0.6) is 0 Å². The molecule has 2 saturated carbocycles. The van der Waals surface area contributed by atoms with Gasteiger partial charge in [-0.25, -0.2) is 18.7 Å². The molecular weight excluding hydrogens is 541 g/mol. The molecule has 4 heterocycles. The Morgan fingerprint density at radius 2 is 1.83 bits per heavy atom. The van der Waals surface area contributed by atoms with Crippen molar-refractivity contribution < 1.29 is 19.1 Å². The normalized spacial score (nSPS) is 22.7. The van der Waals surface area contributed by atoms with Crippen LogP contribution in [0.3, 0.4) is 0 Å². The molecule has 1 atom stereocenters. The molecule has 1 saturated heterocycles. The largest absolute Gasteiger partial charge is 0.465 e. The Balaban J connectivity index is 1.14. The highest BCUT2D eigenvalue weighted by Gasteiger charge is 2.31. The average molecular weight is 580 g/mol. The van der Waals surface area contributed by atoms with Gasteiger partial charge < -0.3 is 30.9 Å². The molecule has 42 heavy (non-hydrogen) atoms. The highest BCUT2D eigenvalue weighted by molar-refractivity contribution is 6.03. The van der Waals surface area contributed by atoms with Crippen LogP contribution in [-0.4, -0.2) is 90.8 Å². The fourth-order valence-corrected chi connectivity index (χ4v) is 6.22. The average Bonchev–Trinajstić information content (AvgIpc) is 3.53. The molecule has 3 fully saturated rings. The van der Waals surface area contributed by atoms with Gasteiger partial charge in [-0.2, -0.15) is 0 Å². The SMILES string of the molecule is CN1CCCC1CCN(C(=O)O)C1CCC(Nc2cc(NC3CC3)c3ncc(C(=O)Nc4ccncc4F)n3n2)CC1. The number of carbonyl (C=O) groups excluding carboxylic acids is 1. The van der Waals surface area contributed by atoms with Crippen molar-refractivity contribution >= 4 is 34.8 Å². The molecular formula is C29H38FN9O3. The summed E-state index contributed by atoms with van der Waals surface area (Å²) in [6.45, 7) is 1.65. The van der Waals surface area contributed by atoms with Crippen LogP contribution in [0.1, 0.15) is 68.3 Å². The lowest BCUT2D eigenvalue weighted by Crippen LogP contribution is -2.45. The number of anilines is 3. The first-order chi connectivity index (χ1) is 20.4. The van der Waals surface area contributed by atoms with Gasteiger partial charge in [0, 0.05) is 43.0 Å². The van der Waals surface area contributed by atoms with E-state index in [0.717, 1.165) is 69.8 Å². The topological polar surface area (TPSA) is 140 Å². The first-order valence-electron chi connectivity index (χ1n) is 14.9. The van der Waals surface area contributed by atoms with Crippen molar-refractivity contribution in [2.75, 3.05) is 36.1 Å². The standard InChI is InChI=1S/C29H38FN9O3/c1-37-13-2-3-20(37)11-14-38(29(41)42)21-8-6-19(7-9-21)34-26-15-24(33-18-4-5-18)27-32-17-25(39(27)36-26)28(40)35-23-10-12-31-16-22(23)30/h10,12,15-21,33H,2-9,11,13-14H2,1H3,(H,34,36)(H,41,42)(H,31,35,40). The van der Waals surface area contributed by atoms with Gasteiger partial charge in [0.1, 0.15) is 5.82 Å². The van der Waals surface area contributed by atoms with Gasteiger partial charge in [-0.05, 0) is 77.4 Å². The van der Waals surface area contributed by atoms with Crippen LogP contribution in [-0.2, 0) is 0 Å². The van der Waals surface area contributed by atoms with E-state index in [0.29, 0.717) is 30.1 Å². The number of hydrogen-bond acceptors (Lipinski definition) is 8. The molecule has 13 heteroatoms. The summed E-state index contributed by atoms with van der Waals surface area (Å²) in [5.41, 5.74) is 1.49. The fourth-order valence-electron chi connectivity index (χ4n) is 6.22. The molecule has 12 nitrogen and oxygen atoms in total. The van der Waals surface area contributed by atoms with Gasteiger partial charge in [-0.15, -0.1) is 5.10 Å². The second-order valence-corrected chi connectivity index (χ2v) is 11.7. The van der Waals surface area contributed by atoms with Crippen molar-refractivity contribution in [1.82, 2.24) is 29.4 Å². The van der Waals surface area contributed by atoms with Gasteiger partial charge in [-0.3, -0.25) is 9.78 Å². The second kappa shape index (κ2) is 12.1. The van der Waals surface area contributed by atoms with Crippen LogP contribution in [0.15, 0.2) is 30.7 Å². The number of rotatable bonds is 10. The predicted octanol–water partition coefficient (Wildman–Crippen LogP) is 4.28. The molecule has 3 aromatic heterocycles. The number of nitrogens with one attached hydrogen (secondary N) is 3. The summed E-state index contributed by atoms with van der Waals surface area (Å²) < 4.78 is 15.6. The van der Waals surface area contributed by atoms with Crippen LogP contribution < -0.4 is 16.0 Å². The zero-order chi connectivity index (χ0) is 29.2. The van der Waals surface area contributed by atoms with Gasteiger partial charge in [0.15, 0.2) is 17.2 Å².